The third-order valence-corrected chi connectivity index (χ3v) is 2.99. The van der Waals surface area contributed by atoms with Crippen molar-refractivity contribution in [1.82, 2.24) is 0 Å². The van der Waals surface area contributed by atoms with Crippen LogP contribution in [0, 0.1) is 6.92 Å². The van der Waals surface area contributed by atoms with Crippen LogP contribution in [0.25, 0.3) is 0 Å². The molecule has 2 rings (SSSR count). The van der Waals surface area contributed by atoms with Gasteiger partial charge in [0, 0.05) is 18.4 Å². The molecule has 0 saturated heterocycles. The Bertz CT molecular complexity index is 427. The lowest BCUT2D eigenvalue weighted by Crippen LogP contribution is -2.20. The summed E-state index contributed by atoms with van der Waals surface area (Å²) in [6.07, 6.45) is 8.55. The predicted octanol–water partition coefficient (Wildman–Crippen LogP) is 4.01. The maximum atomic E-state index is 2.32. The van der Waals surface area contributed by atoms with Crippen LogP contribution in [0.3, 0.4) is 0 Å². The van der Waals surface area contributed by atoms with Crippen molar-refractivity contribution >= 4 is 5.69 Å². The second-order valence-electron chi connectivity index (χ2n) is 4.59. The summed E-state index contributed by atoms with van der Waals surface area (Å²) < 4.78 is 0. The minimum Gasteiger partial charge on any atom is -0.344 e. The lowest BCUT2D eigenvalue weighted by molar-refractivity contribution is 0.854. The average Bonchev–Trinajstić information content (AvgIpc) is 2.29. The molecule has 16 heavy (non-hydrogen) atoms. The van der Waals surface area contributed by atoms with E-state index >= 15 is 0 Å². The quantitative estimate of drug-likeness (QED) is 0.717. The topological polar surface area (TPSA) is 3.24 Å². The van der Waals surface area contributed by atoms with Gasteiger partial charge in [-0.15, -0.1) is 0 Å². The van der Waals surface area contributed by atoms with Gasteiger partial charge in [0.2, 0.25) is 0 Å². The molecule has 1 heterocycles. The van der Waals surface area contributed by atoms with Gasteiger partial charge in [0.1, 0.15) is 0 Å². The molecule has 84 valence electrons. The average molecular weight is 213 g/mol. The summed E-state index contributed by atoms with van der Waals surface area (Å²) in [5, 5.41) is 0. The third kappa shape index (κ3) is 2.04. The molecular formula is C15H19N. The van der Waals surface area contributed by atoms with Crippen molar-refractivity contribution < 1.29 is 0 Å². The van der Waals surface area contributed by atoms with Crippen molar-refractivity contribution in [2.24, 2.45) is 0 Å². The second kappa shape index (κ2) is 4.56. The summed E-state index contributed by atoms with van der Waals surface area (Å²) in [6.45, 7) is 7.66. The van der Waals surface area contributed by atoms with Crippen LogP contribution < -0.4 is 4.90 Å². The van der Waals surface area contributed by atoms with Gasteiger partial charge in [-0.25, -0.2) is 0 Å². The zero-order chi connectivity index (χ0) is 11.5. The van der Waals surface area contributed by atoms with E-state index in [1.807, 2.05) is 0 Å². The molecule has 1 aliphatic rings. The normalized spacial score (nSPS) is 14.9. The summed E-state index contributed by atoms with van der Waals surface area (Å²) in [6, 6.07) is 6.57. The van der Waals surface area contributed by atoms with Gasteiger partial charge >= 0.3 is 0 Å². The highest BCUT2D eigenvalue weighted by Gasteiger charge is 2.13. The van der Waals surface area contributed by atoms with Gasteiger partial charge in [0.15, 0.2) is 0 Å². The SMILES string of the molecule is Cc1cccc(C(C)C)c1N1C=CC=CC1. The van der Waals surface area contributed by atoms with Crippen LogP contribution in [0.15, 0.2) is 42.6 Å². The Morgan fingerprint density at radius 3 is 2.62 bits per heavy atom. The highest BCUT2D eigenvalue weighted by molar-refractivity contribution is 5.63. The van der Waals surface area contributed by atoms with Gasteiger partial charge in [-0.1, -0.05) is 44.2 Å². The summed E-state index contributed by atoms with van der Waals surface area (Å²) in [4.78, 5) is 2.32. The summed E-state index contributed by atoms with van der Waals surface area (Å²) in [5.41, 5.74) is 4.16. The van der Waals surface area contributed by atoms with Crippen LogP contribution in [0.5, 0.6) is 0 Å². The highest BCUT2D eigenvalue weighted by atomic mass is 15.1. The number of para-hydroxylation sites is 1. The van der Waals surface area contributed by atoms with E-state index in [-0.39, 0.29) is 0 Å². The first-order valence-electron chi connectivity index (χ1n) is 5.89. The molecule has 0 radical (unpaired) electrons. The van der Waals surface area contributed by atoms with Crippen LogP contribution in [0.4, 0.5) is 5.69 Å². The number of anilines is 1. The molecule has 0 bridgehead atoms. The number of hydrogen-bond acceptors (Lipinski definition) is 1. The number of aryl methyl sites for hydroxylation is 1. The molecule has 0 N–H and O–H groups in total. The number of nitrogens with zero attached hydrogens (tertiary/aromatic N) is 1. The fraction of sp³-hybridized carbons (Fsp3) is 0.333. The smallest absolute Gasteiger partial charge is 0.0473 e. The van der Waals surface area contributed by atoms with Crippen LogP contribution in [-0.2, 0) is 0 Å². The molecule has 1 heteroatoms. The lowest BCUT2D eigenvalue weighted by Gasteiger charge is -2.27. The van der Waals surface area contributed by atoms with Gasteiger partial charge in [-0.05, 0) is 30.0 Å². The molecule has 0 fully saturated rings. The molecular weight excluding hydrogens is 194 g/mol. The van der Waals surface area contributed by atoms with E-state index in [0.29, 0.717) is 5.92 Å². The highest BCUT2D eigenvalue weighted by Crippen LogP contribution is 2.31. The van der Waals surface area contributed by atoms with E-state index in [1.54, 1.807) is 0 Å². The predicted molar refractivity (Wildman–Crippen MR) is 70.9 cm³/mol. The molecule has 0 atom stereocenters. The van der Waals surface area contributed by atoms with Crippen molar-refractivity contribution in [3.05, 3.63) is 53.8 Å². The van der Waals surface area contributed by atoms with Crippen LogP contribution in [-0.4, -0.2) is 6.54 Å². The minimum absolute atomic E-state index is 0.564. The third-order valence-electron chi connectivity index (χ3n) is 2.99. The van der Waals surface area contributed by atoms with Gasteiger partial charge < -0.3 is 4.90 Å². The Labute approximate surface area is 98.1 Å². The first-order valence-corrected chi connectivity index (χ1v) is 5.89. The first kappa shape index (κ1) is 11.0. The molecule has 0 amide bonds. The number of rotatable bonds is 2. The van der Waals surface area contributed by atoms with Crippen LogP contribution >= 0.6 is 0 Å². The molecule has 1 nitrogen and oxygen atoms in total. The molecule has 1 aromatic rings. The maximum absolute atomic E-state index is 2.32. The largest absolute Gasteiger partial charge is 0.344 e. The Balaban J connectivity index is 2.45. The van der Waals surface area contributed by atoms with E-state index in [9.17, 15) is 0 Å². The number of benzene rings is 1. The van der Waals surface area contributed by atoms with Crippen molar-refractivity contribution in [3.8, 4) is 0 Å². The molecule has 1 aromatic carbocycles. The Morgan fingerprint density at radius 1 is 1.19 bits per heavy atom. The van der Waals surface area contributed by atoms with Crippen molar-refractivity contribution in [1.29, 1.82) is 0 Å². The lowest BCUT2D eigenvalue weighted by atomic mass is 9.97. The second-order valence-corrected chi connectivity index (χ2v) is 4.59. The van der Waals surface area contributed by atoms with Crippen molar-refractivity contribution in [3.63, 3.8) is 0 Å². The Morgan fingerprint density at radius 2 is 2.00 bits per heavy atom. The van der Waals surface area contributed by atoms with E-state index < -0.39 is 0 Å². The molecule has 0 aromatic heterocycles. The Hall–Kier alpha value is -1.50. The van der Waals surface area contributed by atoms with Crippen LogP contribution in [0.1, 0.15) is 30.9 Å². The molecule has 0 aliphatic carbocycles. The maximum Gasteiger partial charge on any atom is 0.0473 e. The summed E-state index contributed by atoms with van der Waals surface area (Å²) in [5.74, 6) is 0.564. The molecule has 1 aliphatic heterocycles. The zero-order valence-electron chi connectivity index (χ0n) is 10.3. The van der Waals surface area contributed by atoms with Gasteiger partial charge in [0.05, 0.1) is 0 Å². The Kier molecular flexibility index (Phi) is 3.14. The summed E-state index contributed by atoms with van der Waals surface area (Å²) in [7, 11) is 0. The standard InChI is InChI=1S/C15H19N/c1-12(2)14-9-7-8-13(3)15(14)16-10-5-4-6-11-16/h4-10,12H,11H2,1-3H3. The van der Waals surface area contributed by atoms with E-state index in [4.69, 9.17) is 0 Å². The van der Waals surface area contributed by atoms with Crippen LogP contribution in [0.2, 0.25) is 0 Å². The van der Waals surface area contributed by atoms with Crippen molar-refractivity contribution in [2.75, 3.05) is 11.4 Å². The fourth-order valence-electron chi connectivity index (χ4n) is 2.17. The molecule has 0 saturated carbocycles. The summed E-state index contributed by atoms with van der Waals surface area (Å²) >= 11 is 0. The van der Waals surface area contributed by atoms with Gasteiger partial charge in [-0.3, -0.25) is 0 Å². The monoisotopic (exact) mass is 213 g/mol. The van der Waals surface area contributed by atoms with E-state index in [0.717, 1.165) is 6.54 Å². The zero-order valence-corrected chi connectivity index (χ0v) is 10.3. The first-order chi connectivity index (χ1) is 7.70. The number of allylic oxidation sites excluding steroid dienone is 2. The van der Waals surface area contributed by atoms with Gasteiger partial charge in [0.25, 0.3) is 0 Å². The number of hydrogen-bond donors (Lipinski definition) is 0. The van der Waals surface area contributed by atoms with E-state index in [1.165, 1.54) is 16.8 Å². The fourth-order valence-corrected chi connectivity index (χ4v) is 2.17. The molecule has 0 spiro atoms. The van der Waals surface area contributed by atoms with E-state index in [2.05, 4.69) is 68.3 Å². The minimum atomic E-state index is 0.564. The molecule has 0 unspecified atom stereocenters. The van der Waals surface area contributed by atoms with Gasteiger partial charge in [-0.2, -0.15) is 0 Å². The van der Waals surface area contributed by atoms with Crippen molar-refractivity contribution in [2.45, 2.75) is 26.7 Å².